The first-order valence-corrected chi connectivity index (χ1v) is 19.0. The van der Waals surface area contributed by atoms with Gasteiger partial charge in [0.05, 0.1) is 72.1 Å². The third kappa shape index (κ3) is 11.9. The minimum atomic E-state index is -0.857. The maximum Gasteiger partial charge on any atom is 0.343 e. The molecule has 312 valence electrons. The smallest absolute Gasteiger partial charge is 0.343 e. The number of esters is 3. The Bertz CT molecular complexity index is 2460. The lowest BCUT2D eigenvalue weighted by atomic mass is 10.1. The Balaban J connectivity index is 1.07. The van der Waals surface area contributed by atoms with Crippen LogP contribution in [0.15, 0.2) is 194 Å². The molecule has 15 heteroatoms. The Morgan fingerprint density at radius 3 is 0.635 bits per heavy atom. The molecule has 63 heavy (non-hydrogen) atoms. The van der Waals surface area contributed by atoms with Gasteiger partial charge >= 0.3 is 17.9 Å². The summed E-state index contributed by atoms with van der Waals surface area (Å²) in [5, 5.41) is 25.3. The largest absolute Gasteiger partial charge is 0.497 e. The van der Waals surface area contributed by atoms with Gasteiger partial charge in [0.15, 0.2) is 0 Å². The van der Waals surface area contributed by atoms with Gasteiger partial charge in [-0.3, -0.25) is 0 Å². The van der Waals surface area contributed by atoms with Gasteiger partial charge in [-0.25, -0.2) is 14.4 Å². The summed E-state index contributed by atoms with van der Waals surface area (Å²) >= 11 is 0. The number of nitrogens with zero attached hydrogens (tertiary/aromatic N) is 6. The van der Waals surface area contributed by atoms with E-state index in [-0.39, 0.29) is 33.9 Å². The van der Waals surface area contributed by atoms with E-state index in [2.05, 4.69) is 30.7 Å². The number of azo groups is 3. The van der Waals surface area contributed by atoms with Crippen molar-refractivity contribution in [2.45, 2.75) is 0 Å². The SMILES string of the molecule is COc1ccc(N=Nc2ccc(OC(=O)c3cc(C(=O)Oc4ccc(N=Nc5ccc(OC)cc5)cc4)cc(C(=O)Oc4ccc(N=Nc5ccc(OC)cc5)cc4)c3)cc2)cc1. The van der Waals surface area contributed by atoms with Crippen molar-refractivity contribution in [1.82, 2.24) is 0 Å². The molecular formula is C48H36N6O9. The van der Waals surface area contributed by atoms with Gasteiger partial charge in [0.2, 0.25) is 0 Å². The van der Waals surface area contributed by atoms with E-state index in [1.807, 2.05) is 0 Å². The molecule has 0 N–H and O–H groups in total. The maximum absolute atomic E-state index is 13.6. The molecule has 0 unspecified atom stereocenters. The highest BCUT2D eigenvalue weighted by atomic mass is 16.5. The predicted molar refractivity (Wildman–Crippen MR) is 232 cm³/mol. The van der Waals surface area contributed by atoms with Crippen molar-refractivity contribution in [2.24, 2.45) is 30.7 Å². The molecule has 0 bridgehead atoms. The molecule has 0 aliphatic rings. The number of hydrogen-bond acceptors (Lipinski definition) is 15. The molecule has 15 nitrogen and oxygen atoms in total. The minimum absolute atomic E-state index is 0.122. The zero-order valence-electron chi connectivity index (χ0n) is 33.9. The van der Waals surface area contributed by atoms with E-state index in [1.165, 1.54) is 54.6 Å². The quantitative estimate of drug-likeness (QED) is 0.0551. The molecule has 0 spiro atoms. The molecule has 0 amide bonds. The highest BCUT2D eigenvalue weighted by Gasteiger charge is 2.21. The van der Waals surface area contributed by atoms with Crippen LogP contribution in [0.5, 0.6) is 34.5 Å². The summed E-state index contributed by atoms with van der Waals surface area (Å²) in [6.45, 7) is 0. The van der Waals surface area contributed by atoms with Gasteiger partial charge in [-0.15, -0.1) is 0 Å². The molecule has 0 saturated heterocycles. The lowest BCUT2D eigenvalue weighted by molar-refractivity contribution is 0.0734. The second-order valence-electron chi connectivity index (χ2n) is 13.1. The van der Waals surface area contributed by atoms with Gasteiger partial charge in [-0.05, 0) is 164 Å². The van der Waals surface area contributed by atoms with E-state index >= 15 is 0 Å². The summed E-state index contributed by atoms with van der Waals surface area (Å²) in [7, 11) is 4.73. The van der Waals surface area contributed by atoms with Crippen molar-refractivity contribution >= 4 is 52.0 Å². The molecule has 0 heterocycles. The first kappa shape index (κ1) is 42.3. The van der Waals surface area contributed by atoms with E-state index in [0.717, 1.165) is 0 Å². The lowest BCUT2D eigenvalue weighted by Crippen LogP contribution is -2.16. The minimum Gasteiger partial charge on any atom is -0.497 e. The van der Waals surface area contributed by atoms with Crippen LogP contribution in [-0.4, -0.2) is 39.2 Å². The van der Waals surface area contributed by atoms with Crippen molar-refractivity contribution < 1.29 is 42.8 Å². The fraction of sp³-hybridized carbons (Fsp3) is 0.0625. The van der Waals surface area contributed by atoms with Gasteiger partial charge in [0, 0.05) is 0 Å². The zero-order chi connectivity index (χ0) is 44.0. The van der Waals surface area contributed by atoms with Crippen molar-refractivity contribution in [3.05, 3.63) is 180 Å². The molecule has 0 aromatic heterocycles. The molecule has 0 saturated carbocycles. The Labute approximate surface area is 360 Å². The van der Waals surface area contributed by atoms with E-state index < -0.39 is 17.9 Å². The standard InChI is InChI=1S/C48H36N6O9/c1-58-40-16-4-34(5-17-40)49-52-37-10-22-43(23-11-37)61-46(55)31-28-32(47(56)62-44-24-12-38(13-25-44)53-50-35-6-18-41(59-2)19-7-35)30-33(29-31)48(57)63-45-26-14-39(15-27-45)54-51-36-8-20-42(60-3)21-9-36/h4-30H,1-3H3. The molecule has 7 aromatic rings. The van der Waals surface area contributed by atoms with Crippen LogP contribution in [-0.2, 0) is 0 Å². The Hall–Kier alpha value is -8.85. The summed E-state index contributed by atoms with van der Waals surface area (Å²) < 4.78 is 32.4. The van der Waals surface area contributed by atoms with Gasteiger partial charge in [-0.2, -0.15) is 30.7 Å². The van der Waals surface area contributed by atoms with Crippen LogP contribution in [0.4, 0.5) is 34.1 Å². The van der Waals surface area contributed by atoms with Crippen LogP contribution in [0.25, 0.3) is 0 Å². The molecular weight excluding hydrogens is 805 g/mol. The normalized spacial score (nSPS) is 11.1. The first-order chi connectivity index (χ1) is 30.7. The lowest BCUT2D eigenvalue weighted by Gasteiger charge is -2.11. The fourth-order valence-corrected chi connectivity index (χ4v) is 5.51. The van der Waals surface area contributed by atoms with Gasteiger partial charge in [0.25, 0.3) is 0 Å². The summed E-state index contributed by atoms with van der Waals surface area (Å²) in [6, 6.07) is 43.9. The molecule has 0 aliphatic carbocycles. The van der Waals surface area contributed by atoms with E-state index in [9.17, 15) is 14.4 Å². The van der Waals surface area contributed by atoms with E-state index in [4.69, 9.17) is 28.4 Å². The summed E-state index contributed by atoms with van der Waals surface area (Å²) in [5.41, 5.74) is 2.99. The topological polar surface area (TPSA) is 181 Å². The number of carbonyl (C=O) groups excluding carboxylic acids is 3. The number of benzene rings is 7. The number of carbonyl (C=O) groups is 3. The molecule has 7 aromatic carbocycles. The van der Waals surface area contributed by atoms with Crippen molar-refractivity contribution in [2.75, 3.05) is 21.3 Å². The third-order valence-corrected chi connectivity index (χ3v) is 8.84. The maximum atomic E-state index is 13.6. The van der Waals surface area contributed by atoms with E-state index in [1.54, 1.807) is 131 Å². The monoisotopic (exact) mass is 840 g/mol. The Kier molecular flexibility index (Phi) is 13.7. The first-order valence-electron chi connectivity index (χ1n) is 19.0. The summed E-state index contributed by atoms with van der Waals surface area (Å²) in [4.78, 5) is 40.7. The van der Waals surface area contributed by atoms with Crippen LogP contribution < -0.4 is 28.4 Å². The number of ether oxygens (including phenoxy) is 6. The van der Waals surface area contributed by atoms with Gasteiger partial charge < -0.3 is 28.4 Å². The van der Waals surface area contributed by atoms with Crippen molar-refractivity contribution in [1.29, 1.82) is 0 Å². The third-order valence-electron chi connectivity index (χ3n) is 8.84. The summed E-state index contributed by atoms with van der Waals surface area (Å²) in [6.07, 6.45) is 0. The molecule has 0 radical (unpaired) electrons. The average molecular weight is 841 g/mol. The van der Waals surface area contributed by atoms with Gasteiger partial charge in [-0.1, -0.05) is 0 Å². The van der Waals surface area contributed by atoms with Crippen LogP contribution in [0.1, 0.15) is 31.1 Å². The second-order valence-corrected chi connectivity index (χ2v) is 13.1. The zero-order valence-corrected chi connectivity index (χ0v) is 33.9. The fourth-order valence-electron chi connectivity index (χ4n) is 5.51. The highest BCUT2D eigenvalue weighted by Crippen LogP contribution is 2.28. The van der Waals surface area contributed by atoms with Crippen LogP contribution in [0.3, 0.4) is 0 Å². The number of methoxy groups -OCH3 is 3. The second kappa shape index (κ2) is 20.4. The molecule has 0 fully saturated rings. The van der Waals surface area contributed by atoms with Gasteiger partial charge in [0.1, 0.15) is 34.5 Å². The van der Waals surface area contributed by atoms with Crippen LogP contribution >= 0.6 is 0 Å². The molecule has 0 atom stereocenters. The summed E-state index contributed by atoms with van der Waals surface area (Å²) in [5.74, 6) is 0.0341. The Morgan fingerprint density at radius 2 is 0.460 bits per heavy atom. The highest BCUT2D eigenvalue weighted by molar-refractivity contribution is 6.02. The Morgan fingerprint density at radius 1 is 0.286 bits per heavy atom. The van der Waals surface area contributed by atoms with Crippen LogP contribution in [0.2, 0.25) is 0 Å². The predicted octanol–water partition coefficient (Wildman–Crippen LogP) is 12.6. The molecule has 7 rings (SSSR count). The van der Waals surface area contributed by atoms with Crippen LogP contribution in [0, 0.1) is 0 Å². The molecule has 0 aliphatic heterocycles. The van der Waals surface area contributed by atoms with Crippen molar-refractivity contribution in [3.8, 4) is 34.5 Å². The van der Waals surface area contributed by atoms with Crippen molar-refractivity contribution in [3.63, 3.8) is 0 Å². The average Bonchev–Trinajstić information content (AvgIpc) is 3.33. The number of rotatable bonds is 15. The van der Waals surface area contributed by atoms with E-state index in [0.29, 0.717) is 51.4 Å². The number of hydrogen-bond donors (Lipinski definition) is 0.